The lowest BCUT2D eigenvalue weighted by Gasteiger charge is -2.35. The number of aliphatic hydroxyl groups excluding tert-OH is 1. The van der Waals surface area contributed by atoms with Crippen LogP contribution in [0.2, 0.25) is 0 Å². The molecule has 7 heteroatoms. The summed E-state index contributed by atoms with van der Waals surface area (Å²) in [5.41, 5.74) is 2.72. The smallest absolute Gasteiger partial charge is 0.174 e. The highest BCUT2D eigenvalue weighted by molar-refractivity contribution is 6.06. The predicted molar refractivity (Wildman–Crippen MR) is 111 cm³/mol. The highest BCUT2D eigenvalue weighted by Crippen LogP contribution is 2.47. The molecule has 0 bridgehead atoms. The van der Waals surface area contributed by atoms with Gasteiger partial charge in [0.05, 0.1) is 17.4 Å². The van der Waals surface area contributed by atoms with Gasteiger partial charge < -0.3 is 25.0 Å². The Labute approximate surface area is 174 Å². The summed E-state index contributed by atoms with van der Waals surface area (Å²) in [5.74, 6) is -1.03. The average Bonchev–Trinajstić information content (AvgIpc) is 2.71. The molecule has 2 heterocycles. The quantitative estimate of drug-likeness (QED) is 0.713. The number of pyridine rings is 1. The van der Waals surface area contributed by atoms with E-state index in [1.54, 1.807) is 19.3 Å². The van der Waals surface area contributed by atoms with Gasteiger partial charge in [0.15, 0.2) is 11.9 Å². The number of fused-ring (bicyclic) bond motifs is 3. The van der Waals surface area contributed by atoms with E-state index in [0.717, 1.165) is 11.1 Å². The standard InChI is InChI=1S/C23H24N2O5/c1-12-18(26)8-13(9-19(12)27)17-11-30-23-16-10-24-6-4-14(16)15(5-7-25(2)3)21(28)20(23)22(17)29/h4,6,8-11,15,23,26-27,29H,5,7H2,1-3H3. The summed E-state index contributed by atoms with van der Waals surface area (Å²) in [6.45, 7) is 2.29. The zero-order chi connectivity index (χ0) is 21.6. The Bertz CT molecular complexity index is 1060. The summed E-state index contributed by atoms with van der Waals surface area (Å²) in [6.07, 6.45) is 4.54. The van der Waals surface area contributed by atoms with Crippen molar-refractivity contribution in [3.63, 3.8) is 0 Å². The largest absolute Gasteiger partial charge is 0.508 e. The number of allylic oxidation sites excluding steroid dienone is 1. The Kier molecular flexibility index (Phi) is 4.99. The third kappa shape index (κ3) is 3.21. The van der Waals surface area contributed by atoms with Crippen LogP contribution in [0.4, 0.5) is 0 Å². The Morgan fingerprint density at radius 2 is 1.83 bits per heavy atom. The second-order valence-corrected chi connectivity index (χ2v) is 7.96. The molecule has 7 nitrogen and oxygen atoms in total. The van der Waals surface area contributed by atoms with Crippen LogP contribution in [-0.4, -0.2) is 51.6 Å². The van der Waals surface area contributed by atoms with Crippen molar-refractivity contribution < 1.29 is 24.9 Å². The van der Waals surface area contributed by atoms with Gasteiger partial charge in [-0.2, -0.15) is 0 Å². The van der Waals surface area contributed by atoms with Gasteiger partial charge in [0, 0.05) is 29.4 Å². The Hall–Kier alpha value is -3.32. The number of aromatic hydroxyl groups is 2. The molecule has 4 rings (SSSR count). The fourth-order valence-electron chi connectivity index (χ4n) is 4.00. The van der Waals surface area contributed by atoms with Crippen LogP contribution in [-0.2, 0) is 9.53 Å². The van der Waals surface area contributed by atoms with Crippen molar-refractivity contribution >= 4 is 11.4 Å². The molecule has 1 aromatic heterocycles. The van der Waals surface area contributed by atoms with Gasteiger partial charge >= 0.3 is 0 Å². The molecular formula is C23H24N2O5. The fraction of sp³-hybridized carbons (Fsp3) is 0.304. The van der Waals surface area contributed by atoms with Gasteiger partial charge in [-0.3, -0.25) is 9.78 Å². The summed E-state index contributed by atoms with van der Waals surface area (Å²) in [6, 6.07) is 4.68. The first-order chi connectivity index (χ1) is 14.3. The molecular weight excluding hydrogens is 384 g/mol. The normalized spacial score (nSPS) is 20.5. The molecule has 2 aromatic rings. The monoisotopic (exact) mass is 408 g/mol. The summed E-state index contributed by atoms with van der Waals surface area (Å²) < 4.78 is 5.89. The van der Waals surface area contributed by atoms with Crippen molar-refractivity contribution in [2.45, 2.75) is 25.4 Å². The van der Waals surface area contributed by atoms with Gasteiger partial charge in [-0.15, -0.1) is 0 Å². The van der Waals surface area contributed by atoms with Gasteiger partial charge in [0.2, 0.25) is 0 Å². The van der Waals surface area contributed by atoms with E-state index in [-0.39, 0.29) is 34.2 Å². The number of hydrogen-bond donors (Lipinski definition) is 3. The number of rotatable bonds is 4. The summed E-state index contributed by atoms with van der Waals surface area (Å²) in [7, 11) is 3.89. The van der Waals surface area contributed by atoms with Crippen LogP contribution in [0.25, 0.3) is 5.57 Å². The molecule has 3 N–H and O–H groups in total. The van der Waals surface area contributed by atoms with Crippen molar-refractivity contribution in [2.75, 3.05) is 20.6 Å². The van der Waals surface area contributed by atoms with Gasteiger partial charge in [-0.05, 0) is 63.3 Å². The molecule has 0 spiro atoms. The van der Waals surface area contributed by atoms with Crippen LogP contribution < -0.4 is 0 Å². The van der Waals surface area contributed by atoms with Crippen molar-refractivity contribution in [3.8, 4) is 11.5 Å². The molecule has 1 aromatic carbocycles. The molecule has 0 saturated heterocycles. The maximum Gasteiger partial charge on any atom is 0.174 e. The summed E-state index contributed by atoms with van der Waals surface area (Å²) in [4.78, 5) is 19.6. The highest BCUT2D eigenvalue weighted by atomic mass is 16.5. The fourth-order valence-corrected chi connectivity index (χ4v) is 4.00. The number of carbonyl (C=O) groups is 1. The number of nitrogens with zero attached hydrogens (tertiary/aromatic N) is 2. The van der Waals surface area contributed by atoms with Crippen LogP contribution in [0, 0.1) is 6.92 Å². The molecule has 30 heavy (non-hydrogen) atoms. The molecule has 2 atom stereocenters. The predicted octanol–water partition coefficient (Wildman–Crippen LogP) is 3.34. The summed E-state index contributed by atoms with van der Waals surface area (Å²) >= 11 is 0. The first kappa shape index (κ1) is 20.0. The molecule has 0 amide bonds. The van der Waals surface area contributed by atoms with Crippen LogP contribution in [0.1, 0.15) is 40.7 Å². The van der Waals surface area contributed by atoms with Crippen molar-refractivity contribution in [1.82, 2.24) is 9.88 Å². The van der Waals surface area contributed by atoms with E-state index in [9.17, 15) is 20.1 Å². The third-order valence-corrected chi connectivity index (χ3v) is 5.75. The lowest BCUT2D eigenvalue weighted by atomic mass is 9.74. The van der Waals surface area contributed by atoms with Gasteiger partial charge in [-0.1, -0.05) is 0 Å². The molecule has 2 unspecified atom stereocenters. The van der Waals surface area contributed by atoms with E-state index >= 15 is 0 Å². The number of Topliss-reactive ketones (excluding diaryl/α,β-unsaturated/α-hetero) is 1. The number of phenols is 2. The number of carbonyl (C=O) groups excluding carboxylic acids is 1. The maximum atomic E-state index is 13.4. The van der Waals surface area contributed by atoms with Crippen LogP contribution in [0.5, 0.6) is 11.5 Å². The minimum absolute atomic E-state index is 0.112. The molecule has 156 valence electrons. The van der Waals surface area contributed by atoms with E-state index in [4.69, 9.17) is 4.74 Å². The van der Waals surface area contributed by atoms with Crippen molar-refractivity contribution in [2.24, 2.45) is 0 Å². The van der Waals surface area contributed by atoms with Crippen LogP contribution >= 0.6 is 0 Å². The molecule has 1 aliphatic carbocycles. The van der Waals surface area contributed by atoms with E-state index in [1.807, 2.05) is 25.1 Å². The minimum Gasteiger partial charge on any atom is -0.508 e. The van der Waals surface area contributed by atoms with E-state index < -0.39 is 12.0 Å². The lowest BCUT2D eigenvalue weighted by Crippen LogP contribution is -2.32. The molecule has 0 fully saturated rings. The molecule has 2 aliphatic rings. The Morgan fingerprint density at radius 1 is 1.13 bits per heavy atom. The van der Waals surface area contributed by atoms with Crippen LogP contribution in [0.15, 0.2) is 48.2 Å². The Balaban J connectivity index is 1.81. The van der Waals surface area contributed by atoms with Crippen molar-refractivity contribution in [1.29, 1.82) is 0 Å². The Morgan fingerprint density at radius 3 is 2.50 bits per heavy atom. The van der Waals surface area contributed by atoms with E-state index in [1.165, 1.54) is 18.4 Å². The second kappa shape index (κ2) is 7.50. The zero-order valence-corrected chi connectivity index (χ0v) is 17.1. The summed E-state index contributed by atoms with van der Waals surface area (Å²) in [5, 5.41) is 31.2. The number of hydrogen-bond acceptors (Lipinski definition) is 7. The SMILES string of the molecule is Cc1c(O)cc(C2=COC3C(=C2O)C(=O)C(CCN(C)C)c2ccncc23)cc1O. The number of benzene rings is 1. The molecule has 1 aliphatic heterocycles. The molecule has 0 saturated carbocycles. The number of aromatic nitrogens is 1. The van der Waals surface area contributed by atoms with E-state index in [0.29, 0.717) is 24.1 Å². The lowest BCUT2D eigenvalue weighted by molar-refractivity contribution is -0.119. The van der Waals surface area contributed by atoms with E-state index in [2.05, 4.69) is 4.98 Å². The van der Waals surface area contributed by atoms with Crippen LogP contribution in [0.3, 0.4) is 0 Å². The van der Waals surface area contributed by atoms with Gasteiger partial charge in [0.25, 0.3) is 0 Å². The average molecular weight is 408 g/mol. The number of ether oxygens (including phenoxy) is 1. The van der Waals surface area contributed by atoms with Gasteiger partial charge in [0.1, 0.15) is 17.3 Å². The zero-order valence-electron chi connectivity index (χ0n) is 17.1. The minimum atomic E-state index is -0.742. The first-order valence-electron chi connectivity index (χ1n) is 9.74. The third-order valence-electron chi connectivity index (χ3n) is 5.75. The van der Waals surface area contributed by atoms with Gasteiger partial charge in [-0.25, -0.2) is 0 Å². The number of phenolic OH excluding ortho intramolecular Hbond substituents is 2. The number of aliphatic hydroxyl groups is 1. The van der Waals surface area contributed by atoms with Crippen molar-refractivity contribution in [3.05, 3.63) is 70.4 Å². The first-order valence-corrected chi connectivity index (χ1v) is 9.74. The molecule has 0 radical (unpaired) electrons. The number of ketones is 1. The second-order valence-electron chi connectivity index (χ2n) is 7.96. The highest BCUT2D eigenvalue weighted by Gasteiger charge is 2.43. The maximum absolute atomic E-state index is 13.4. The topological polar surface area (TPSA) is 103 Å².